The molecule has 1 aromatic carbocycles. The number of carbonyl (C=O) groups is 1. The van der Waals surface area contributed by atoms with Gasteiger partial charge in [-0.25, -0.2) is 0 Å². The van der Waals surface area contributed by atoms with E-state index in [0.717, 1.165) is 22.4 Å². The Morgan fingerprint density at radius 2 is 2.15 bits per heavy atom. The molecule has 0 saturated carbocycles. The molecule has 0 bridgehead atoms. The number of carbonyl (C=O) groups excluding carboxylic acids is 1. The minimum atomic E-state index is -0.911. The number of rotatable bonds is 5. The lowest BCUT2D eigenvalue weighted by molar-refractivity contribution is -0.00712. The molecule has 2 atom stereocenters. The van der Waals surface area contributed by atoms with E-state index in [-0.39, 0.29) is 18.1 Å². The highest BCUT2D eigenvalue weighted by Crippen LogP contribution is 2.31. The Morgan fingerprint density at radius 1 is 1.41 bits per heavy atom. The van der Waals surface area contributed by atoms with Crippen LogP contribution in [0.2, 0.25) is 0 Å². The predicted octanol–water partition coefficient (Wildman–Crippen LogP) is 3.08. The Labute approximate surface area is 160 Å². The van der Waals surface area contributed by atoms with Crippen LogP contribution in [0.15, 0.2) is 24.3 Å². The summed E-state index contributed by atoms with van der Waals surface area (Å²) in [5, 5.41) is 17.8. The van der Waals surface area contributed by atoms with E-state index in [1.54, 1.807) is 18.5 Å². The quantitative estimate of drug-likeness (QED) is 0.847. The number of aromatic nitrogens is 2. The first-order valence-electron chi connectivity index (χ1n) is 9.55. The van der Waals surface area contributed by atoms with Crippen LogP contribution in [0.3, 0.4) is 0 Å². The molecular weight excluding hydrogens is 342 g/mol. The third-order valence-corrected chi connectivity index (χ3v) is 5.00. The van der Waals surface area contributed by atoms with E-state index in [1.165, 1.54) is 0 Å². The fourth-order valence-corrected chi connectivity index (χ4v) is 3.60. The Hall–Kier alpha value is -2.18. The van der Waals surface area contributed by atoms with Crippen molar-refractivity contribution in [1.82, 2.24) is 15.1 Å². The fourth-order valence-electron chi connectivity index (χ4n) is 3.60. The van der Waals surface area contributed by atoms with E-state index >= 15 is 0 Å². The number of aryl methyl sites for hydroxylation is 1. The topological polar surface area (TPSA) is 76.4 Å². The molecule has 2 aromatic rings. The molecule has 6 nitrogen and oxygen atoms in total. The van der Waals surface area contributed by atoms with Crippen LogP contribution in [-0.2, 0) is 29.8 Å². The molecule has 27 heavy (non-hydrogen) atoms. The number of amides is 1. The average molecular weight is 371 g/mol. The van der Waals surface area contributed by atoms with Crippen LogP contribution in [0.1, 0.15) is 73.6 Å². The van der Waals surface area contributed by atoms with Crippen molar-refractivity contribution in [3.8, 4) is 0 Å². The molecule has 1 aliphatic rings. The number of nitrogens with one attached hydrogen (secondary N) is 1. The zero-order chi connectivity index (χ0) is 19.8. The standard InChI is InChI=1S/C21H29N3O3/c1-6-24-19(17-10-13(2)27-14(3)18(17)23-24)20(25)22-12-15-8-7-9-16(11-15)21(4,5)26/h7-9,11,13-14,26H,6,10,12H2,1-5H3,(H,22,25)/t13-,14+/m0/s1. The van der Waals surface area contributed by atoms with E-state index in [1.807, 2.05) is 45.0 Å². The molecular formula is C21H29N3O3. The lowest BCUT2D eigenvalue weighted by Gasteiger charge is -2.24. The number of aliphatic hydroxyl groups is 1. The van der Waals surface area contributed by atoms with Gasteiger partial charge in [-0.3, -0.25) is 9.48 Å². The van der Waals surface area contributed by atoms with Gasteiger partial charge in [0, 0.05) is 25.1 Å². The van der Waals surface area contributed by atoms with Gasteiger partial charge < -0.3 is 15.2 Å². The summed E-state index contributed by atoms with van der Waals surface area (Å²) >= 11 is 0. The van der Waals surface area contributed by atoms with Gasteiger partial charge in [0.15, 0.2) is 0 Å². The third kappa shape index (κ3) is 4.06. The minimum Gasteiger partial charge on any atom is -0.386 e. The lowest BCUT2D eigenvalue weighted by Crippen LogP contribution is -2.29. The zero-order valence-electron chi connectivity index (χ0n) is 16.7. The van der Waals surface area contributed by atoms with E-state index in [2.05, 4.69) is 10.4 Å². The van der Waals surface area contributed by atoms with E-state index < -0.39 is 5.60 Å². The highest BCUT2D eigenvalue weighted by Gasteiger charge is 2.31. The van der Waals surface area contributed by atoms with Gasteiger partial charge in [-0.15, -0.1) is 0 Å². The maximum Gasteiger partial charge on any atom is 0.270 e. The molecule has 1 amide bonds. The molecule has 1 aliphatic heterocycles. The smallest absolute Gasteiger partial charge is 0.270 e. The van der Waals surface area contributed by atoms with Gasteiger partial charge in [0.25, 0.3) is 5.91 Å². The third-order valence-electron chi connectivity index (χ3n) is 5.00. The molecule has 0 unspecified atom stereocenters. The van der Waals surface area contributed by atoms with Crippen molar-refractivity contribution < 1.29 is 14.6 Å². The van der Waals surface area contributed by atoms with Crippen LogP contribution < -0.4 is 5.32 Å². The number of fused-ring (bicyclic) bond motifs is 1. The van der Waals surface area contributed by atoms with Gasteiger partial charge in [0.2, 0.25) is 0 Å². The Morgan fingerprint density at radius 3 is 2.81 bits per heavy atom. The Balaban J connectivity index is 1.81. The Kier molecular flexibility index (Phi) is 5.40. The number of ether oxygens (including phenoxy) is 1. The number of benzene rings is 1. The average Bonchev–Trinajstić information content (AvgIpc) is 2.98. The molecule has 0 spiro atoms. The largest absolute Gasteiger partial charge is 0.386 e. The first kappa shape index (κ1) is 19.6. The monoisotopic (exact) mass is 371 g/mol. The van der Waals surface area contributed by atoms with Gasteiger partial charge in [-0.05, 0) is 45.7 Å². The molecule has 1 aromatic heterocycles. The maximum absolute atomic E-state index is 13.0. The maximum atomic E-state index is 13.0. The second-order valence-electron chi connectivity index (χ2n) is 7.76. The highest BCUT2D eigenvalue weighted by molar-refractivity contribution is 5.94. The van der Waals surface area contributed by atoms with Gasteiger partial charge in [-0.1, -0.05) is 24.3 Å². The second kappa shape index (κ2) is 7.44. The zero-order valence-corrected chi connectivity index (χ0v) is 16.7. The molecule has 0 radical (unpaired) electrons. The van der Waals surface area contributed by atoms with Gasteiger partial charge in [0.05, 0.1) is 23.5 Å². The van der Waals surface area contributed by atoms with Gasteiger partial charge in [-0.2, -0.15) is 5.10 Å². The van der Waals surface area contributed by atoms with Gasteiger partial charge >= 0.3 is 0 Å². The van der Waals surface area contributed by atoms with Crippen molar-refractivity contribution >= 4 is 5.91 Å². The summed E-state index contributed by atoms with van der Waals surface area (Å²) in [6.45, 7) is 10.5. The highest BCUT2D eigenvalue weighted by atomic mass is 16.5. The molecule has 2 N–H and O–H groups in total. The number of nitrogens with zero attached hydrogens (tertiary/aromatic N) is 2. The second-order valence-corrected chi connectivity index (χ2v) is 7.76. The molecule has 0 aliphatic carbocycles. The van der Waals surface area contributed by atoms with Crippen LogP contribution in [0.5, 0.6) is 0 Å². The van der Waals surface area contributed by atoms with Crippen molar-refractivity contribution in [2.45, 2.75) is 71.9 Å². The van der Waals surface area contributed by atoms with Crippen LogP contribution in [0.25, 0.3) is 0 Å². The van der Waals surface area contributed by atoms with E-state index in [9.17, 15) is 9.90 Å². The van der Waals surface area contributed by atoms with Crippen LogP contribution in [-0.4, -0.2) is 26.9 Å². The van der Waals surface area contributed by atoms with E-state index in [4.69, 9.17) is 4.74 Å². The summed E-state index contributed by atoms with van der Waals surface area (Å²) in [5.74, 6) is -0.124. The van der Waals surface area contributed by atoms with E-state index in [0.29, 0.717) is 25.2 Å². The SMILES string of the molecule is CCn1nc2c(c1C(=O)NCc1cccc(C(C)(C)O)c1)C[C@H](C)O[C@@H]2C. The predicted molar refractivity (Wildman–Crippen MR) is 103 cm³/mol. The summed E-state index contributed by atoms with van der Waals surface area (Å²) in [7, 11) is 0. The van der Waals surface area contributed by atoms with Crippen molar-refractivity contribution in [2.24, 2.45) is 0 Å². The summed E-state index contributed by atoms with van der Waals surface area (Å²) in [4.78, 5) is 13.0. The molecule has 0 fully saturated rings. The molecule has 3 rings (SSSR count). The minimum absolute atomic E-state index is 0.0667. The number of hydrogen-bond acceptors (Lipinski definition) is 4. The summed E-state index contributed by atoms with van der Waals surface area (Å²) in [6, 6.07) is 7.65. The van der Waals surface area contributed by atoms with Crippen LogP contribution in [0, 0.1) is 0 Å². The van der Waals surface area contributed by atoms with Crippen molar-refractivity contribution in [2.75, 3.05) is 0 Å². The summed E-state index contributed by atoms with van der Waals surface area (Å²) in [6.07, 6.45) is 0.653. The molecule has 146 valence electrons. The first-order chi connectivity index (χ1) is 12.7. The lowest BCUT2D eigenvalue weighted by atomic mass is 9.96. The number of hydrogen-bond donors (Lipinski definition) is 2. The Bertz CT molecular complexity index is 836. The summed E-state index contributed by atoms with van der Waals surface area (Å²) < 4.78 is 7.62. The summed E-state index contributed by atoms with van der Waals surface area (Å²) in [5.41, 5.74) is 3.35. The van der Waals surface area contributed by atoms with Crippen LogP contribution >= 0.6 is 0 Å². The molecule has 6 heteroatoms. The first-order valence-corrected chi connectivity index (χ1v) is 9.55. The van der Waals surface area contributed by atoms with Crippen LogP contribution in [0.4, 0.5) is 0 Å². The fraction of sp³-hybridized carbons (Fsp3) is 0.524. The van der Waals surface area contributed by atoms with Crippen molar-refractivity contribution in [3.05, 3.63) is 52.3 Å². The van der Waals surface area contributed by atoms with Gasteiger partial charge in [0.1, 0.15) is 5.69 Å². The van der Waals surface area contributed by atoms with Crippen molar-refractivity contribution in [1.29, 1.82) is 0 Å². The van der Waals surface area contributed by atoms with Crippen molar-refractivity contribution in [3.63, 3.8) is 0 Å². The molecule has 0 saturated heterocycles. The normalized spacial score (nSPS) is 19.6. The molecule has 2 heterocycles.